The molecule has 186 valence electrons. The number of anilines is 1. The van der Waals surface area contributed by atoms with Crippen molar-refractivity contribution in [2.45, 2.75) is 63.6 Å². The first-order chi connectivity index (χ1) is 16.5. The topological polar surface area (TPSA) is 73.3 Å². The molecule has 0 aromatic heterocycles. The molecule has 1 aromatic carbocycles. The molecule has 7 nitrogen and oxygen atoms in total. The lowest BCUT2D eigenvalue weighted by Crippen LogP contribution is -2.50. The van der Waals surface area contributed by atoms with Crippen LogP contribution < -0.4 is 9.64 Å². The maximum absolute atomic E-state index is 14.0. The van der Waals surface area contributed by atoms with Crippen molar-refractivity contribution in [3.05, 3.63) is 24.0 Å². The number of carbonyl (C=O) groups is 2. The Kier molecular flexibility index (Phi) is 7.06. The zero-order chi connectivity index (χ0) is 23.7. The molecule has 3 atom stereocenters. The molecule has 2 saturated carbocycles. The van der Waals surface area contributed by atoms with Crippen LogP contribution in [0.15, 0.2) is 18.2 Å². The quantitative estimate of drug-likeness (QED) is 0.614. The average Bonchev–Trinajstić information content (AvgIpc) is 3.44. The summed E-state index contributed by atoms with van der Waals surface area (Å²) in [4.78, 5) is 31.0. The average molecular weight is 474 g/mol. The third-order valence-corrected chi connectivity index (χ3v) is 8.02. The van der Waals surface area contributed by atoms with Crippen molar-refractivity contribution in [2.75, 3.05) is 44.2 Å². The highest BCUT2D eigenvalue weighted by Gasteiger charge is 2.48. The molecule has 2 aliphatic carbocycles. The van der Waals surface area contributed by atoms with Crippen LogP contribution in [0.5, 0.6) is 5.75 Å². The van der Waals surface area contributed by atoms with Crippen molar-refractivity contribution in [2.24, 2.45) is 11.8 Å². The number of likely N-dealkylation sites (tertiary alicyclic amines) is 1. The van der Waals surface area contributed by atoms with Gasteiger partial charge in [0.05, 0.1) is 36.3 Å². The Morgan fingerprint density at radius 3 is 2.18 bits per heavy atom. The highest BCUT2D eigenvalue weighted by Crippen LogP contribution is 2.38. The molecule has 1 N–H and O–H groups in total. The van der Waals surface area contributed by atoms with Gasteiger partial charge in [-0.3, -0.25) is 19.4 Å². The molecule has 5 rings (SSSR count). The van der Waals surface area contributed by atoms with Crippen LogP contribution in [0.1, 0.15) is 51.4 Å². The lowest BCUT2D eigenvalue weighted by Gasteiger charge is -2.38. The van der Waals surface area contributed by atoms with E-state index in [0.717, 1.165) is 50.0 Å². The summed E-state index contributed by atoms with van der Waals surface area (Å²) in [6.07, 6.45) is 7.47. The normalized spacial score (nSPS) is 27.4. The van der Waals surface area contributed by atoms with E-state index in [1.54, 1.807) is 12.1 Å². The SMILES string of the molecule is O=C1C2CCCCC2C(=O)N1CC(O)CN1CCN(c2cc(F)ccc2OC2CCCC2)CC1. The van der Waals surface area contributed by atoms with Crippen LogP contribution in [0.3, 0.4) is 0 Å². The number of β-amino-alcohol motifs (C(OH)–C–C–N with tert-alkyl or cyclic N) is 1. The molecular weight excluding hydrogens is 437 g/mol. The van der Waals surface area contributed by atoms with E-state index in [1.165, 1.54) is 23.8 Å². The van der Waals surface area contributed by atoms with Crippen molar-refractivity contribution >= 4 is 17.5 Å². The zero-order valence-electron chi connectivity index (χ0n) is 19.8. The minimum Gasteiger partial charge on any atom is -0.488 e. The minimum absolute atomic E-state index is 0.0775. The molecule has 0 bridgehead atoms. The molecule has 0 spiro atoms. The van der Waals surface area contributed by atoms with Gasteiger partial charge in [-0.15, -0.1) is 0 Å². The van der Waals surface area contributed by atoms with E-state index >= 15 is 0 Å². The largest absolute Gasteiger partial charge is 0.488 e. The van der Waals surface area contributed by atoms with Crippen LogP contribution in [-0.2, 0) is 9.59 Å². The molecule has 34 heavy (non-hydrogen) atoms. The minimum atomic E-state index is -0.768. The van der Waals surface area contributed by atoms with Crippen molar-refractivity contribution < 1.29 is 23.8 Å². The van der Waals surface area contributed by atoms with Crippen LogP contribution in [0.4, 0.5) is 10.1 Å². The maximum atomic E-state index is 14.0. The number of halogens is 1. The summed E-state index contributed by atoms with van der Waals surface area (Å²) in [5, 5.41) is 10.7. The van der Waals surface area contributed by atoms with Gasteiger partial charge in [-0.25, -0.2) is 4.39 Å². The summed E-state index contributed by atoms with van der Waals surface area (Å²) < 4.78 is 20.3. The number of carbonyl (C=O) groups excluding carboxylic acids is 2. The molecular formula is C26H36FN3O4. The summed E-state index contributed by atoms with van der Waals surface area (Å²) in [5.41, 5.74) is 0.794. The van der Waals surface area contributed by atoms with Crippen molar-refractivity contribution in [1.29, 1.82) is 0 Å². The van der Waals surface area contributed by atoms with E-state index in [9.17, 15) is 19.1 Å². The standard InChI is InChI=1S/C26H36FN3O4/c27-18-9-10-24(34-20-5-1-2-6-20)23(15-18)29-13-11-28(12-14-29)16-19(31)17-30-25(32)21-7-3-4-8-22(21)26(30)33/h9-10,15,19-22,31H,1-8,11-14,16-17H2. The van der Waals surface area contributed by atoms with Gasteiger partial charge in [-0.1, -0.05) is 12.8 Å². The number of amides is 2. The number of hydrogen-bond acceptors (Lipinski definition) is 6. The lowest BCUT2D eigenvalue weighted by molar-refractivity contribution is -0.141. The smallest absolute Gasteiger partial charge is 0.233 e. The van der Waals surface area contributed by atoms with Crippen LogP contribution in [-0.4, -0.2) is 78.2 Å². The first-order valence-electron chi connectivity index (χ1n) is 13.0. The number of nitrogens with zero attached hydrogens (tertiary/aromatic N) is 3. The Bertz CT molecular complexity index is 874. The number of piperazine rings is 1. The number of ether oxygens (including phenoxy) is 1. The molecule has 2 heterocycles. The summed E-state index contributed by atoms with van der Waals surface area (Å²) in [6.45, 7) is 3.31. The van der Waals surface area contributed by atoms with Crippen LogP contribution in [0.25, 0.3) is 0 Å². The van der Waals surface area contributed by atoms with Crippen molar-refractivity contribution in [3.63, 3.8) is 0 Å². The predicted octanol–water partition coefficient (Wildman–Crippen LogP) is 2.81. The highest BCUT2D eigenvalue weighted by atomic mass is 19.1. The van der Waals surface area contributed by atoms with Gasteiger partial charge in [-0.2, -0.15) is 0 Å². The summed E-state index contributed by atoms with van der Waals surface area (Å²) in [6, 6.07) is 4.75. The summed E-state index contributed by atoms with van der Waals surface area (Å²) in [7, 11) is 0. The predicted molar refractivity (Wildman–Crippen MR) is 126 cm³/mol. The van der Waals surface area contributed by atoms with Gasteiger partial charge in [-0.05, 0) is 50.7 Å². The molecule has 2 saturated heterocycles. The van der Waals surface area contributed by atoms with E-state index in [4.69, 9.17) is 4.74 Å². The Hall–Kier alpha value is -2.19. The van der Waals surface area contributed by atoms with Gasteiger partial charge >= 0.3 is 0 Å². The van der Waals surface area contributed by atoms with Crippen LogP contribution in [0, 0.1) is 17.7 Å². The van der Waals surface area contributed by atoms with E-state index in [1.807, 2.05) is 0 Å². The van der Waals surface area contributed by atoms with Gasteiger partial charge in [0.1, 0.15) is 11.6 Å². The fourth-order valence-electron chi connectivity index (χ4n) is 6.17. The monoisotopic (exact) mass is 473 g/mol. The third-order valence-electron chi connectivity index (χ3n) is 8.02. The Morgan fingerprint density at radius 2 is 1.53 bits per heavy atom. The van der Waals surface area contributed by atoms with Gasteiger partial charge in [0.2, 0.25) is 11.8 Å². The third kappa shape index (κ3) is 4.93. The van der Waals surface area contributed by atoms with E-state index in [0.29, 0.717) is 32.7 Å². The number of benzene rings is 1. The fraction of sp³-hybridized carbons (Fsp3) is 0.692. The molecule has 0 radical (unpaired) electrons. The van der Waals surface area contributed by atoms with E-state index < -0.39 is 6.10 Å². The molecule has 3 unspecified atom stereocenters. The first-order valence-corrected chi connectivity index (χ1v) is 13.0. The van der Waals surface area contributed by atoms with E-state index in [-0.39, 0.29) is 42.1 Å². The van der Waals surface area contributed by atoms with Crippen molar-refractivity contribution in [1.82, 2.24) is 9.80 Å². The second-order valence-corrected chi connectivity index (χ2v) is 10.4. The molecule has 4 fully saturated rings. The van der Waals surface area contributed by atoms with E-state index in [2.05, 4.69) is 9.80 Å². The zero-order valence-corrected chi connectivity index (χ0v) is 19.8. The Balaban J connectivity index is 1.14. The van der Waals surface area contributed by atoms with Crippen LogP contribution in [0.2, 0.25) is 0 Å². The first kappa shape index (κ1) is 23.5. The molecule has 8 heteroatoms. The summed E-state index contributed by atoms with van der Waals surface area (Å²) in [5.74, 6) is -0.0757. The second kappa shape index (κ2) is 10.2. The van der Waals surface area contributed by atoms with Gasteiger partial charge in [0, 0.05) is 38.8 Å². The summed E-state index contributed by atoms with van der Waals surface area (Å²) >= 11 is 0. The highest BCUT2D eigenvalue weighted by molar-refractivity contribution is 6.05. The van der Waals surface area contributed by atoms with Crippen molar-refractivity contribution in [3.8, 4) is 5.75 Å². The van der Waals surface area contributed by atoms with Gasteiger partial charge in [0.15, 0.2) is 0 Å². The fourth-order valence-corrected chi connectivity index (χ4v) is 6.17. The molecule has 4 aliphatic rings. The maximum Gasteiger partial charge on any atom is 0.233 e. The Labute approximate surface area is 200 Å². The number of rotatable bonds is 7. The second-order valence-electron chi connectivity index (χ2n) is 10.4. The molecule has 1 aromatic rings. The van der Waals surface area contributed by atoms with Crippen LogP contribution >= 0.6 is 0 Å². The lowest BCUT2D eigenvalue weighted by atomic mass is 9.81. The number of aliphatic hydroxyl groups excluding tert-OH is 1. The Morgan fingerprint density at radius 1 is 0.912 bits per heavy atom. The number of fused-ring (bicyclic) bond motifs is 1. The number of hydrogen-bond donors (Lipinski definition) is 1. The molecule has 2 aliphatic heterocycles. The van der Waals surface area contributed by atoms with Gasteiger partial charge < -0.3 is 14.7 Å². The van der Waals surface area contributed by atoms with Gasteiger partial charge in [0.25, 0.3) is 0 Å². The number of aliphatic hydroxyl groups is 1. The molecule has 2 amide bonds. The number of imide groups is 1.